The van der Waals surface area contributed by atoms with E-state index in [9.17, 15) is 0 Å². The van der Waals surface area contributed by atoms with E-state index in [1.165, 1.54) is 0 Å². The number of para-hydroxylation sites is 1. The number of allylic oxidation sites excluding steroid dienone is 1. The molecule has 6 nitrogen and oxygen atoms in total. The molecular weight excluding hydrogens is 410 g/mol. The van der Waals surface area contributed by atoms with Gasteiger partial charge in [0.15, 0.2) is 5.82 Å². The number of H-pyrrole nitrogens is 1. The van der Waals surface area contributed by atoms with Crippen LogP contribution in [0.4, 0.5) is 5.82 Å². The van der Waals surface area contributed by atoms with Gasteiger partial charge >= 0.3 is 0 Å². The molecule has 6 heteroatoms. The normalized spacial score (nSPS) is 11.2. The number of nitrogens with one attached hydrogen (secondary N) is 3. The highest BCUT2D eigenvalue weighted by atomic mass is 16.5. The molecule has 3 rings (SSSR count). The van der Waals surface area contributed by atoms with Gasteiger partial charge in [-0.15, -0.1) is 6.58 Å². The Hall–Kier alpha value is -3.80. The van der Waals surface area contributed by atoms with Crippen molar-refractivity contribution >= 4 is 11.7 Å². The second kappa shape index (κ2) is 12.3. The van der Waals surface area contributed by atoms with Crippen LogP contribution in [-0.2, 0) is 13.0 Å². The first-order chi connectivity index (χ1) is 16.1. The number of amidine groups is 1. The second-order valence-corrected chi connectivity index (χ2v) is 7.79. The Morgan fingerprint density at radius 3 is 2.76 bits per heavy atom. The third kappa shape index (κ3) is 7.10. The second-order valence-electron chi connectivity index (χ2n) is 7.79. The minimum Gasteiger partial charge on any atom is -0.493 e. The number of rotatable bonds is 12. The highest BCUT2D eigenvalue weighted by molar-refractivity contribution is 6.02. The lowest BCUT2D eigenvalue weighted by molar-refractivity contribution is 0.306. The van der Waals surface area contributed by atoms with E-state index >= 15 is 0 Å². The van der Waals surface area contributed by atoms with Gasteiger partial charge in [0.2, 0.25) is 0 Å². The number of nitrogens with zero attached hydrogens (tertiary/aromatic N) is 2. The Morgan fingerprint density at radius 2 is 1.97 bits per heavy atom. The van der Waals surface area contributed by atoms with Crippen LogP contribution in [0.25, 0.3) is 0 Å². The lowest BCUT2D eigenvalue weighted by Gasteiger charge is -2.17. The van der Waals surface area contributed by atoms with E-state index in [0.29, 0.717) is 37.0 Å². The Morgan fingerprint density at radius 1 is 1.18 bits per heavy atom. The van der Waals surface area contributed by atoms with Crippen LogP contribution < -0.4 is 15.4 Å². The van der Waals surface area contributed by atoms with Gasteiger partial charge in [-0.25, -0.2) is 4.99 Å². The van der Waals surface area contributed by atoms with Crippen LogP contribution in [0.2, 0.25) is 0 Å². The first kappa shape index (κ1) is 23.9. The zero-order valence-corrected chi connectivity index (χ0v) is 19.5. The summed E-state index contributed by atoms with van der Waals surface area (Å²) in [6.45, 7) is 13.4. The molecule has 0 saturated heterocycles. The van der Waals surface area contributed by atoms with Crippen molar-refractivity contribution in [2.75, 3.05) is 6.61 Å². The molecule has 1 aromatic heterocycles. The lowest BCUT2D eigenvalue weighted by Crippen LogP contribution is -2.31. The van der Waals surface area contributed by atoms with Crippen molar-refractivity contribution in [2.24, 2.45) is 4.99 Å². The van der Waals surface area contributed by atoms with Crippen molar-refractivity contribution in [3.63, 3.8) is 0 Å². The van der Waals surface area contributed by atoms with E-state index in [2.05, 4.69) is 60.0 Å². The number of aromatic amines is 1. The fourth-order valence-electron chi connectivity index (χ4n) is 3.28. The predicted molar refractivity (Wildman–Crippen MR) is 136 cm³/mol. The summed E-state index contributed by atoms with van der Waals surface area (Å²) in [5, 5.41) is 14.0. The van der Waals surface area contributed by atoms with Gasteiger partial charge in [-0.1, -0.05) is 68.5 Å². The quantitative estimate of drug-likeness (QED) is 0.148. The molecule has 33 heavy (non-hydrogen) atoms. The molecular formula is C27H33N5O. The molecule has 172 valence electrons. The molecule has 1 heterocycles. The lowest BCUT2D eigenvalue weighted by atomic mass is 10.1. The molecule has 3 aromatic rings. The summed E-state index contributed by atoms with van der Waals surface area (Å²) in [5.41, 5.74) is 4.13. The van der Waals surface area contributed by atoms with Gasteiger partial charge in [0.1, 0.15) is 11.6 Å². The van der Waals surface area contributed by atoms with Crippen molar-refractivity contribution in [2.45, 2.75) is 39.7 Å². The van der Waals surface area contributed by atoms with Crippen LogP contribution in [0.5, 0.6) is 5.75 Å². The topological polar surface area (TPSA) is 74.3 Å². The maximum absolute atomic E-state index is 5.94. The van der Waals surface area contributed by atoms with Crippen LogP contribution >= 0.6 is 0 Å². The molecule has 0 unspecified atom stereocenters. The maximum atomic E-state index is 5.94. The van der Waals surface area contributed by atoms with Crippen LogP contribution in [-0.4, -0.2) is 22.6 Å². The summed E-state index contributed by atoms with van der Waals surface area (Å²) >= 11 is 0. The average Bonchev–Trinajstić information content (AvgIpc) is 3.25. The fraction of sp³-hybridized carbons (Fsp3) is 0.259. The van der Waals surface area contributed by atoms with Crippen LogP contribution in [0.15, 0.2) is 84.6 Å². The molecule has 0 aliphatic heterocycles. The predicted octanol–water partition coefficient (Wildman–Crippen LogP) is 5.55. The largest absolute Gasteiger partial charge is 0.493 e. The Bertz CT molecular complexity index is 1100. The van der Waals surface area contributed by atoms with Crippen molar-refractivity contribution < 1.29 is 4.74 Å². The van der Waals surface area contributed by atoms with Gasteiger partial charge in [0.05, 0.1) is 12.4 Å². The molecule has 0 saturated carbocycles. The summed E-state index contributed by atoms with van der Waals surface area (Å²) in [6, 6.07) is 18.1. The van der Waals surface area contributed by atoms with Gasteiger partial charge < -0.3 is 15.4 Å². The molecule has 0 aliphatic carbocycles. The first-order valence-corrected chi connectivity index (χ1v) is 11.3. The number of hydrogen-bond donors (Lipinski definition) is 3. The maximum Gasteiger partial charge on any atom is 0.175 e. The first-order valence-electron chi connectivity index (χ1n) is 11.3. The van der Waals surface area contributed by atoms with Gasteiger partial charge in [0, 0.05) is 35.9 Å². The third-order valence-electron chi connectivity index (χ3n) is 5.10. The molecule has 0 aliphatic rings. The summed E-state index contributed by atoms with van der Waals surface area (Å²) in [7, 11) is 0. The Kier molecular flexibility index (Phi) is 8.88. The molecule has 2 aromatic carbocycles. The minimum absolute atomic E-state index is 0.584. The van der Waals surface area contributed by atoms with Gasteiger partial charge in [-0.2, -0.15) is 5.10 Å². The van der Waals surface area contributed by atoms with Gasteiger partial charge in [-0.05, 0) is 25.0 Å². The molecule has 0 bridgehead atoms. The number of hydrogen-bond acceptors (Lipinski definition) is 4. The van der Waals surface area contributed by atoms with Crippen LogP contribution in [0.1, 0.15) is 42.1 Å². The minimum atomic E-state index is 0.584. The number of aliphatic imine (C=N–C) groups is 1. The highest BCUT2D eigenvalue weighted by Gasteiger charge is 2.10. The number of benzene rings is 2. The number of aryl methyl sites for hydroxylation is 1. The van der Waals surface area contributed by atoms with Crippen molar-refractivity contribution in [3.05, 3.63) is 102 Å². The van der Waals surface area contributed by atoms with E-state index in [-0.39, 0.29) is 0 Å². The number of aromatic nitrogens is 2. The zero-order valence-electron chi connectivity index (χ0n) is 19.5. The molecule has 0 radical (unpaired) electrons. The number of unbranched alkanes of at least 4 members (excludes halogenated alkanes) is 1. The summed E-state index contributed by atoms with van der Waals surface area (Å²) in [4.78, 5) is 4.76. The smallest absolute Gasteiger partial charge is 0.175 e. The molecule has 0 atom stereocenters. The van der Waals surface area contributed by atoms with Crippen molar-refractivity contribution in [1.29, 1.82) is 0 Å². The van der Waals surface area contributed by atoms with Gasteiger partial charge in [-0.3, -0.25) is 5.10 Å². The van der Waals surface area contributed by atoms with Crippen LogP contribution in [0, 0.1) is 6.92 Å². The third-order valence-corrected chi connectivity index (χ3v) is 5.10. The van der Waals surface area contributed by atoms with E-state index < -0.39 is 0 Å². The van der Waals surface area contributed by atoms with Crippen molar-refractivity contribution in [3.8, 4) is 5.75 Å². The SMILES string of the molecule is C=CCc1cc(N=C(NC(=C)NCc2ccccc2OCCCC)c2ccccc2C)n[nH]1. The fourth-order valence-corrected chi connectivity index (χ4v) is 3.28. The van der Waals surface area contributed by atoms with E-state index in [0.717, 1.165) is 41.0 Å². The van der Waals surface area contributed by atoms with Crippen LogP contribution in [0.3, 0.4) is 0 Å². The molecule has 0 spiro atoms. The molecule has 0 fully saturated rings. The monoisotopic (exact) mass is 443 g/mol. The Balaban J connectivity index is 1.74. The van der Waals surface area contributed by atoms with Crippen molar-refractivity contribution in [1.82, 2.24) is 20.8 Å². The zero-order chi connectivity index (χ0) is 23.5. The summed E-state index contributed by atoms with van der Waals surface area (Å²) in [6.07, 6.45) is 4.68. The van der Waals surface area contributed by atoms with E-state index in [1.54, 1.807) is 0 Å². The highest BCUT2D eigenvalue weighted by Crippen LogP contribution is 2.19. The van der Waals surface area contributed by atoms with E-state index in [4.69, 9.17) is 9.73 Å². The molecule has 3 N–H and O–H groups in total. The number of ether oxygens (including phenoxy) is 1. The Labute approximate surface area is 196 Å². The van der Waals surface area contributed by atoms with E-state index in [1.807, 2.05) is 48.5 Å². The van der Waals surface area contributed by atoms with Gasteiger partial charge in [0.25, 0.3) is 0 Å². The standard InChI is InChI=1S/C27H33N5O/c1-5-7-17-33-25-16-11-9-14-22(25)19-28-21(4)29-27(24-15-10-8-13-20(24)3)30-26-18-23(12-6-2)31-32-26/h6,8-11,13-16,18,28H,2,4-5,7,12,17,19H2,1,3H3,(H2,29,30,31,32). The average molecular weight is 444 g/mol. The summed E-state index contributed by atoms with van der Waals surface area (Å²) in [5.74, 6) is 2.81. The molecule has 0 amide bonds. The summed E-state index contributed by atoms with van der Waals surface area (Å²) < 4.78 is 5.94.